The molecular formula is C33H30Br3N3. The molecule has 0 bridgehead atoms. The lowest BCUT2D eigenvalue weighted by Gasteiger charge is -2.12. The molecule has 0 aliphatic heterocycles. The molecule has 0 N–H and O–H groups in total. The van der Waals surface area contributed by atoms with Gasteiger partial charge in [0.1, 0.15) is 0 Å². The zero-order valence-electron chi connectivity index (χ0n) is 21.8. The summed E-state index contributed by atoms with van der Waals surface area (Å²) in [6.45, 7) is 2.95. The van der Waals surface area contributed by atoms with Crippen LogP contribution in [-0.4, -0.2) is 29.7 Å². The fraction of sp³-hybridized carbons (Fsp3) is 0.273. The number of aromatic nitrogens is 3. The first-order chi connectivity index (χ1) is 19.3. The van der Waals surface area contributed by atoms with Gasteiger partial charge in [-0.3, -0.25) is 0 Å². The molecule has 3 aromatic heterocycles. The van der Waals surface area contributed by atoms with Crippen LogP contribution in [0.4, 0.5) is 0 Å². The molecule has 7 aromatic rings. The quantitative estimate of drug-likeness (QED) is 0.133. The van der Waals surface area contributed by atoms with E-state index < -0.39 is 0 Å². The summed E-state index contributed by atoms with van der Waals surface area (Å²) in [7, 11) is 0. The van der Waals surface area contributed by atoms with Crippen LogP contribution in [0.3, 0.4) is 0 Å². The molecule has 0 unspecified atom stereocenters. The molecule has 0 fully saturated rings. The molecule has 3 nitrogen and oxygen atoms in total. The number of hydrogen-bond acceptors (Lipinski definition) is 0. The summed E-state index contributed by atoms with van der Waals surface area (Å²) in [6, 6.07) is 27.2. The molecule has 4 aromatic carbocycles. The Morgan fingerprint density at radius 2 is 0.692 bits per heavy atom. The van der Waals surface area contributed by atoms with Crippen LogP contribution in [-0.2, 0) is 19.6 Å². The van der Waals surface area contributed by atoms with Gasteiger partial charge in [-0.1, -0.05) is 102 Å². The highest BCUT2D eigenvalue weighted by atomic mass is 79.9. The molecule has 3 heterocycles. The Hall–Kier alpha value is -2.28. The van der Waals surface area contributed by atoms with E-state index >= 15 is 0 Å². The maximum absolute atomic E-state index is 3.72. The minimum atomic E-state index is 0.985. The van der Waals surface area contributed by atoms with E-state index in [1.54, 1.807) is 0 Å². The smallest absolute Gasteiger partial charge is 0.0614 e. The molecule has 6 heteroatoms. The topological polar surface area (TPSA) is 14.8 Å². The highest BCUT2D eigenvalue weighted by Gasteiger charge is 2.26. The van der Waals surface area contributed by atoms with E-state index in [0.29, 0.717) is 0 Å². The van der Waals surface area contributed by atoms with Crippen molar-refractivity contribution < 1.29 is 0 Å². The molecule has 0 aliphatic carbocycles. The van der Waals surface area contributed by atoms with Crippen LogP contribution in [0.5, 0.6) is 0 Å². The monoisotopic (exact) mass is 705 g/mol. The van der Waals surface area contributed by atoms with E-state index in [1.807, 2.05) is 0 Å². The molecular weight excluding hydrogens is 678 g/mol. The summed E-state index contributed by atoms with van der Waals surface area (Å²) in [5.74, 6) is 0. The maximum Gasteiger partial charge on any atom is 0.0614 e. The van der Waals surface area contributed by atoms with E-state index in [2.05, 4.69) is 134 Å². The Balaban J connectivity index is 1.84. The van der Waals surface area contributed by atoms with Gasteiger partial charge in [-0.25, -0.2) is 0 Å². The molecule has 0 aliphatic rings. The molecule has 7 rings (SSSR count). The number of alkyl halides is 3. The fourth-order valence-electron chi connectivity index (χ4n) is 6.76. The highest BCUT2D eigenvalue weighted by Crippen LogP contribution is 2.48. The standard InChI is InChI=1S/C33H30Br3N3/c34-16-7-19-37-25-13-4-1-10-22(25)28-31(37)29-24-12-3-6-15-27(24)39(21-9-18-36)33(29)30-23-11-2-5-14-26(23)38(32(28)30)20-8-17-35/h1-6,10-15H,7-9,16-21H2. The predicted octanol–water partition coefficient (Wildman–Crippen LogP) is 10.4. The average molecular weight is 708 g/mol. The van der Waals surface area contributed by atoms with Crippen molar-refractivity contribution in [3.05, 3.63) is 72.8 Å². The van der Waals surface area contributed by atoms with Gasteiger partial charge in [0, 0.05) is 84.5 Å². The Morgan fingerprint density at radius 3 is 0.974 bits per heavy atom. The zero-order valence-corrected chi connectivity index (χ0v) is 26.5. The lowest BCUT2D eigenvalue weighted by Crippen LogP contribution is -2.02. The van der Waals surface area contributed by atoms with Crippen LogP contribution in [0, 0.1) is 0 Å². The van der Waals surface area contributed by atoms with Crippen LogP contribution < -0.4 is 0 Å². The number of nitrogens with zero attached hydrogens (tertiary/aromatic N) is 3. The molecule has 0 spiro atoms. The van der Waals surface area contributed by atoms with Crippen molar-refractivity contribution in [2.45, 2.75) is 38.9 Å². The van der Waals surface area contributed by atoms with Gasteiger partial charge in [-0.2, -0.15) is 0 Å². The lowest BCUT2D eigenvalue weighted by atomic mass is 10.0. The first-order valence-corrected chi connectivity index (χ1v) is 17.2. The first kappa shape index (κ1) is 25.7. The third-order valence-corrected chi connectivity index (χ3v) is 9.85. The third-order valence-electron chi connectivity index (χ3n) is 8.17. The van der Waals surface area contributed by atoms with Crippen LogP contribution >= 0.6 is 47.8 Å². The summed E-state index contributed by atoms with van der Waals surface area (Å²) in [4.78, 5) is 0. The van der Waals surface area contributed by atoms with E-state index in [1.165, 1.54) is 65.4 Å². The van der Waals surface area contributed by atoms with E-state index in [9.17, 15) is 0 Å². The number of para-hydroxylation sites is 3. The Morgan fingerprint density at radius 1 is 0.410 bits per heavy atom. The van der Waals surface area contributed by atoms with Gasteiger partial charge in [-0.15, -0.1) is 0 Å². The van der Waals surface area contributed by atoms with Gasteiger partial charge in [0.2, 0.25) is 0 Å². The van der Waals surface area contributed by atoms with Gasteiger partial charge in [-0.05, 0) is 37.5 Å². The van der Waals surface area contributed by atoms with Gasteiger partial charge >= 0.3 is 0 Å². The van der Waals surface area contributed by atoms with Crippen molar-refractivity contribution in [3.63, 3.8) is 0 Å². The number of benzene rings is 4. The number of rotatable bonds is 9. The van der Waals surface area contributed by atoms with E-state index in [0.717, 1.165) is 54.9 Å². The van der Waals surface area contributed by atoms with Crippen molar-refractivity contribution in [3.8, 4) is 0 Å². The van der Waals surface area contributed by atoms with Crippen molar-refractivity contribution in [2.75, 3.05) is 16.0 Å². The third kappa shape index (κ3) is 3.85. The van der Waals surface area contributed by atoms with Gasteiger partial charge in [0.25, 0.3) is 0 Å². The minimum Gasteiger partial charge on any atom is -0.340 e. The van der Waals surface area contributed by atoms with Crippen LogP contribution in [0.1, 0.15) is 19.3 Å². The van der Waals surface area contributed by atoms with E-state index in [4.69, 9.17) is 0 Å². The normalized spacial score (nSPS) is 12.4. The van der Waals surface area contributed by atoms with E-state index in [-0.39, 0.29) is 0 Å². The molecule has 0 saturated heterocycles. The Labute approximate surface area is 253 Å². The fourth-order valence-corrected chi connectivity index (χ4v) is 7.51. The second-order valence-electron chi connectivity index (χ2n) is 10.3. The van der Waals surface area contributed by atoms with Crippen LogP contribution in [0.2, 0.25) is 0 Å². The second-order valence-corrected chi connectivity index (χ2v) is 12.7. The number of aryl methyl sites for hydroxylation is 3. The van der Waals surface area contributed by atoms with Crippen LogP contribution in [0.15, 0.2) is 72.8 Å². The Kier molecular flexibility index (Phi) is 6.98. The SMILES string of the molecule is BrCCCn1c2ccccc2c2c1c1c3ccccc3n(CCCBr)c1c1c3ccccc3n(CCCBr)c21. The van der Waals surface area contributed by atoms with Gasteiger partial charge in [0.05, 0.1) is 16.6 Å². The largest absolute Gasteiger partial charge is 0.340 e. The lowest BCUT2D eigenvalue weighted by molar-refractivity contribution is 0.728. The molecule has 0 atom stereocenters. The number of hydrogen-bond donors (Lipinski definition) is 0. The summed E-state index contributed by atoms with van der Waals surface area (Å²) in [5, 5.41) is 11.2. The molecule has 0 radical (unpaired) electrons. The van der Waals surface area contributed by atoms with Crippen molar-refractivity contribution in [1.82, 2.24) is 13.7 Å². The molecule has 39 heavy (non-hydrogen) atoms. The predicted molar refractivity (Wildman–Crippen MR) is 181 cm³/mol. The van der Waals surface area contributed by atoms with Gasteiger partial charge in [0.15, 0.2) is 0 Å². The second kappa shape index (κ2) is 10.6. The molecule has 198 valence electrons. The van der Waals surface area contributed by atoms with Gasteiger partial charge < -0.3 is 13.7 Å². The zero-order chi connectivity index (χ0) is 26.5. The van der Waals surface area contributed by atoms with Crippen molar-refractivity contribution in [2.24, 2.45) is 0 Å². The summed E-state index contributed by atoms with van der Waals surface area (Å²) in [5.41, 5.74) is 8.15. The summed E-state index contributed by atoms with van der Waals surface area (Å²) < 4.78 is 7.84. The minimum absolute atomic E-state index is 0.985. The maximum atomic E-state index is 3.72. The number of halogens is 3. The summed E-state index contributed by atoms with van der Waals surface area (Å²) in [6.07, 6.45) is 3.26. The summed E-state index contributed by atoms with van der Waals surface area (Å²) >= 11 is 11.2. The average Bonchev–Trinajstić information content (AvgIpc) is 3.59. The molecule has 0 amide bonds. The van der Waals surface area contributed by atoms with Crippen molar-refractivity contribution >= 4 is 113 Å². The highest BCUT2D eigenvalue weighted by molar-refractivity contribution is 9.09. The first-order valence-electron chi connectivity index (χ1n) is 13.8. The number of fused-ring (bicyclic) bond motifs is 12. The molecule has 0 saturated carbocycles. The Bertz CT molecular complexity index is 1730. The van der Waals surface area contributed by atoms with Crippen molar-refractivity contribution in [1.29, 1.82) is 0 Å². The van der Waals surface area contributed by atoms with Crippen LogP contribution in [0.25, 0.3) is 65.4 Å².